The number of alkyl halides is 1. The van der Waals surface area contributed by atoms with Gasteiger partial charge in [-0.05, 0) is 18.6 Å². The minimum absolute atomic E-state index is 0. The summed E-state index contributed by atoms with van der Waals surface area (Å²) in [4.78, 5) is 11.3. The number of carbonyl (C=O) groups excluding carboxylic acids is 1. The summed E-state index contributed by atoms with van der Waals surface area (Å²) in [6.45, 7) is 0.471. The van der Waals surface area contributed by atoms with Crippen molar-refractivity contribution in [1.29, 1.82) is 0 Å². The van der Waals surface area contributed by atoms with Gasteiger partial charge in [-0.2, -0.15) is 0 Å². The molecular formula is C10H12BrClO2. The lowest BCUT2D eigenvalue weighted by Crippen LogP contribution is -2.06. The Balaban J connectivity index is 0.00000169. The van der Waals surface area contributed by atoms with E-state index in [1.165, 1.54) is 0 Å². The SMILES string of the molecule is Cl.O=C(OCCCBr)c1ccccc1. The van der Waals surface area contributed by atoms with Crippen molar-refractivity contribution < 1.29 is 9.53 Å². The largest absolute Gasteiger partial charge is 0.462 e. The van der Waals surface area contributed by atoms with E-state index in [9.17, 15) is 4.79 Å². The summed E-state index contributed by atoms with van der Waals surface area (Å²) in [5.41, 5.74) is 0.608. The third kappa shape index (κ3) is 4.63. The van der Waals surface area contributed by atoms with Crippen LogP contribution in [0.2, 0.25) is 0 Å². The van der Waals surface area contributed by atoms with Crippen molar-refractivity contribution in [3.8, 4) is 0 Å². The fraction of sp³-hybridized carbons (Fsp3) is 0.300. The van der Waals surface area contributed by atoms with Gasteiger partial charge in [0.1, 0.15) is 0 Å². The maximum Gasteiger partial charge on any atom is 0.338 e. The molecule has 0 aliphatic carbocycles. The molecule has 0 unspecified atom stereocenters. The van der Waals surface area contributed by atoms with E-state index in [2.05, 4.69) is 15.9 Å². The van der Waals surface area contributed by atoms with E-state index in [0.717, 1.165) is 11.8 Å². The molecule has 0 saturated heterocycles. The van der Waals surface area contributed by atoms with Crippen molar-refractivity contribution in [2.45, 2.75) is 6.42 Å². The predicted molar refractivity (Wildman–Crippen MR) is 62.4 cm³/mol. The van der Waals surface area contributed by atoms with E-state index >= 15 is 0 Å². The highest BCUT2D eigenvalue weighted by molar-refractivity contribution is 9.09. The Morgan fingerprint density at radius 2 is 1.93 bits per heavy atom. The summed E-state index contributed by atoms with van der Waals surface area (Å²) in [6, 6.07) is 9.00. The molecule has 4 heteroatoms. The van der Waals surface area contributed by atoms with Gasteiger partial charge < -0.3 is 4.74 Å². The van der Waals surface area contributed by atoms with Crippen LogP contribution in [0.25, 0.3) is 0 Å². The molecule has 1 rings (SSSR count). The van der Waals surface area contributed by atoms with Gasteiger partial charge in [0, 0.05) is 5.33 Å². The van der Waals surface area contributed by atoms with Crippen LogP contribution in [-0.4, -0.2) is 17.9 Å². The van der Waals surface area contributed by atoms with Crippen LogP contribution in [0, 0.1) is 0 Å². The number of hydrogen-bond acceptors (Lipinski definition) is 2. The van der Waals surface area contributed by atoms with Gasteiger partial charge in [0.05, 0.1) is 12.2 Å². The molecule has 0 aromatic heterocycles. The summed E-state index contributed by atoms with van der Waals surface area (Å²) in [5.74, 6) is -0.249. The first-order valence-corrected chi connectivity index (χ1v) is 5.25. The molecule has 0 saturated carbocycles. The summed E-state index contributed by atoms with van der Waals surface area (Å²) in [6.07, 6.45) is 0.846. The second-order valence-electron chi connectivity index (χ2n) is 2.54. The highest BCUT2D eigenvalue weighted by atomic mass is 79.9. The van der Waals surface area contributed by atoms with Crippen molar-refractivity contribution in [3.05, 3.63) is 35.9 Å². The van der Waals surface area contributed by atoms with Gasteiger partial charge in [-0.15, -0.1) is 12.4 Å². The van der Waals surface area contributed by atoms with Gasteiger partial charge >= 0.3 is 5.97 Å². The monoisotopic (exact) mass is 278 g/mol. The molecule has 0 fully saturated rings. The van der Waals surface area contributed by atoms with Crippen LogP contribution in [0.1, 0.15) is 16.8 Å². The maximum atomic E-state index is 11.3. The molecule has 2 nitrogen and oxygen atoms in total. The zero-order valence-corrected chi connectivity index (χ0v) is 10.0. The molecule has 0 N–H and O–H groups in total. The summed E-state index contributed by atoms with van der Waals surface area (Å²) >= 11 is 3.26. The van der Waals surface area contributed by atoms with Crippen LogP contribution in [0.4, 0.5) is 0 Å². The topological polar surface area (TPSA) is 26.3 Å². The van der Waals surface area contributed by atoms with Crippen LogP contribution in [-0.2, 0) is 4.74 Å². The predicted octanol–water partition coefficient (Wildman–Crippen LogP) is 3.05. The molecule has 0 spiro atoms. The molecule has 14 heavy (non-hydrogen) atoms. The lowest BCUT2D eigenvalue weighted by molar-refractivity contribution is 0.0506. The highest BCUT2D eigenvalue weighted by Gasteiger charge is 2.04. The smallest absolute Gasteiger partial charge is 0.338 e. The maximum absolute atomic E-state index is 11.3. The second kappa shape index (κ2) is 7.83. The highest BCUT2D eigenvalue weighted by Crippen LogP contribution is 2.01. The van der Waals surface area contributed by atoms with E-state index in [0.29, 0.717) is 12.2 Å². The fourth-order valence-electron chi connectivity index (χ4n) is 0.877. The number of carbonyl (C=O) groups is 1. The van der Waals surface area contributed by atoms with Crippen molar-refractivity contribution in [3.63, 3.8) is 0 Å². The number of rotatable bonds is 4. The molecule has 0 amide bonds. The Bertz CT molecular complexity index is 264. The van der Waals surface area contributed by atoms with Gasteiger partial charge in [0.15, 0.2) is 0 Å². The Morgan fingerprint density at radius 1 is 1.29 bits per heavy atom. The molecule has 1 aromatic carbocycles. The summed E-state index contributed by atoms with van der Waals surface area (Å²) < 4.78 is 5.00. The average Bonchev–Trinajstić information content (AvgIpc) is 2.19. The minimum atomic E-state index is -0.249. The molecule has 0 radical (unpaired) electrons. The van der Waals surface area contributed by atoms with Crippen LogP contribution in [0.15, 0.2) is 30.3 Å². The first kappa shape index (κ1) is 13.5. The second-order valence-corrected chi connectivity index (χ2v) is 3.34. The number of benzene rings is 1. The third-order valence-electron chi connectivity index (χ3n) is 1.52. The van der Waals surface area contributed by atoms with Crippen molar-refractivity contribution in [2.75, 3.05) is 11.9 Å². The van der Waals surface area contributed by atoms with E-state index in [1.54, 1.807) is 12.1 Å². The molecule has 0 aliphatic rings. The molecule has 1 aromatic rings. The zero-order valence-electron chi connectivity index (χ0n) is 7.61. The van der Waals surface area contributed by atoms with Crippen LogP contribution in [0.3, 0.4) is 0 Å². The van der Waals surface area contributed by atoms with Gasteiger partial charge in [-0.1, -0.05) is 34.1 Å². The zero-order chi connectivity index (χ0) is 9.52. The molecule has 0 aliphatic heterocycles. The summed E-state index contributed by atoms with van der Waals surface area (Å²) in [7, 11) is 0. The van der Waals surface area contributed by atoms with Crippen molar-refractivity contribution in [1.82, 2.24) is 0 Å². The fourth-order valence-corrected chi connectivity index (χ4v) is 1.11. The van der Waals surface area contributed by atoms with Gasteiger partial charge in [-0.3, -0.25) is 0 Å². The normalized spacial score (nSPS) is 8.93. The summed E-state index contributed by atoms with van der Waals surface area (Å²) in [5, 5.41) is 0.856. The van der Waals surface area contributed by atoms with Gasteiger partial charge in [-0.25, -0.2) is 4.79 Å². The van der Waals surface area contributed by atoms with E-state index in [-0.39, 0.29) is 18.4 Å². The van der Waals surface area contributed by atoms with Gasteiger partial charge in [0.2, 0.25) is 0 Å². The Morgan fingerprint density at radius 3 is 2.50 bits per heavy atom. The number of halogens is 2. The number of ether oxygens (including phenoxy) is 1. The third-order valence-corrected chi connectivity index (χ3v) is 2.08. The Hall–Kier alpha value is -0.540. The molecular weight excluding hydrogens is 267 g/mol. The number of hydrogen-bond donors (Lipinski definition) is 0. The van der Waals surface area contributed by atoms with E-state index < -0.39 is 0 Å². The Kier molecular flexibility index (Phi) is 7.52. The van der Waals surface area contributed by atoms with Crippen molar-refractivity contribution in [2.24, 2.45) is 0 Å². The minimum Gasteiger partial charge on any atom is -0.462 e. The first-order chi connectivity index (χ1) is 6.34. The molecule has 0 atom stereocenters. The molecule has 0 bridgehead atoms. The van der Waals surface area contributed by atoms with Crippen molar-refractivity contribution >= 4 is 34.3 Å². The average molecular weight is 280 g/mol. The lowest BCUT2D eigenvalue weighted by Gasteiger charge is -2.02. The molecule has 0 heterocycles. The number of esters is 1. The van der Waals surface area contributed by atoms with Crippen LogP contribution >= 0.6 is 28.3 Å². The lowest BCUT2D eigenvalue weighted by atomic mass is 10.2. The van der Waals surface area contributed by atoms with E-state index in [4.69, 9.17) is 4.74 Å². The first-order valence-electron chi connectivity index (χ1n) is 4.12. The Labute approximate surface area is 98.2 Å². The van der Waals surface area contributed by atoms with Crippen LogP contribution in [0.5, 0.6) is 0 Å². The quantitative estimate of drug-likeness (QED) is 0.481. The van der Waals surface area contributed by atoms with Gasteiger partial charge in [0.25, 0.3) is 0 Å². The molecule has 78 valence electrons. The standard InChI is InChI=1S/C10H11BrO2.ClH/c11-7-4-8-13-10(12)9-5-2-1-3-6-9;/h1-3,5-6H,4,7-8H2;1H. The van der Waals surface area contributed by atoms with E-state index in [1.807, 2.05) is 18.2 Å². The van der Waals surface area contributed by atoms with Crippen LogP contribution < -0.4 is 0 Å².